The molecule has 112 valence electrons. The number of carbonyl (C=O) groups is 1. The van der Waals surface area contributed by atoms with E-state index in [1.807, 2.05) is 44.4 Å². The summed E-state index contributed by atoms with van der Waals surface area (Å²) < 4.78 is 5.31. The molecule has 0 spiro atoms. The number of ether oxygens (including phenoxy) is 1. The molecular formula is C17H21NO2S. The third-order valence-electron chi connectivity index (χ3n) is 2.92. The number of carbonyl (C=O) groups excluding carboxylic acids is 1. The van der Waals surface area contributed by atoms with Gasteiger partial charge in [0.25, 0.3) is 0 Å². The Balaban J connectivity index is 2.23. The van der Waals surface area contributed by atoms with Gasteiger partial charge in [-0.25, -0.2) is 4.79 Å². The Morgan fingerprint density at radius 2 is 1.90 bits per heavy atom. The van der Waals surface area contributed by atoms with Gasteiger partial charge in [0.05, 0.1) is 5.69 Å². The Labute approximate surface area is 130 Å². The first-order valence-corrected chi connectivity index (χ1v) is 7.94. The molecule has 0 unspecified atom stereocenters. The molecule has 0 radical (unpaired) electrons. The molecule has 4 heteroatoms. The van der Waals surface area contributed by atoms with Crippen LogP contribution < -0.4 is 5.32 Å². The minimum atomic E-state index is -0.491. The summed E-state index contributed by atoms with van der Waals surface area (Å²) in [5.74, 6) is 0. The van der Waals surface area contributed by atoms with Gasteiger partial charge in [-0.3, -0.25) is 5.32 Å². The number of anilines is 1. The van der Waals surface area contributed by atoms with Gasteiger partial charge in [-0.15, -0.1) is 11.3 Å². The lowest BCUT2D eigenvalue weighted by molar-refractivity contribution is 0.0636. The summed E-state index contributed by atoms with van der Waals surface area (Å²) in [6.45, 7) is 7.66. The number of thiophene rings is 1. The highest BCUT2D eigenvalue weighted by Gasteiger charge is 2.19. The highest BCUT2D eigenvalue weighted by Crippen LogP contribution is 2.36. The van der Waals surface area contributed by atoms with Gasteiger partial charge in [-0.05, 0) is 38.3 Å². The zero-order valence-corrected chi connectivity index (χ0v) is 13.7. The molecule has 0 aliphatic carbocycles. The van der Waals surface area contributed by atoms with Crippen LogP contribution in [0.4, 0.5) is 10.5 Å². The van der Waals surface area contributed by atoms with Crippen molar-refractivity contribution in [3.05, 3.63) is 41.3 Å². The number of rotatable bonds is 3. The number of hydrogen-bond donors (Lipinski definition) is 1. The molecular weight excluding hydrogens is 282 g/mol. The molecule has 2 aromatic rings. The van der Waals surface area contributed by atoms with Crippen molar-refractivity contribution in [3.63, 3.8) is 0 Å². The molecule has 1 heterocycles. The van der Waals surface area contributed by atoms with E-state index in [1.54, 1.807) is 11.3 Å². The lowest BCUT2D eigenvalue weighted by atomic mass is 10.1. The zero-order valence-electron chi connectivity index (χ0n) is 12.9. The van der Waals surface area contributed by atoms with Crippen molar-refractivity contribution >= 4 is 23.1 Å². The van der Waals surface area contributed by atoms with E-state index < -0.39 is 11.7 Å². The number of hydrogen-bond acceptors (Lipinski definition) is 3. The second-order valence-corrected chi connectivity index (χ2v) is 6.68. The third kappa shape index (κ3) is 4.08. The summed E-state index contributed by atoms with van der Waals surface area (Å²) in [4.78, 5) is 13.1. The van der Waals surface area contributed by atoms with Crippen LogP contribution in [0, 0.1) is 0 Å². The summed E-state index contributed by atoms with van der Waals surface area (Å²) in [7, 11) is 0. The van der Waals surface area contributed by atoms with Gasteiger partial charge in [0, 0.05) is 10.3 Å². The molecule has 1 amide bonds. The Morgan fingerprint density at radius 1 is 1.24 bits per heavy atom. The van der Waals surface area contributed by atoms with Crippen molar-refractivity contribution < 1.29 is 9.53 Å². The highest BCUT2D eigenvalue weighted by molar-refractivity contribution is 7.14. The lowest BCUT2D eigenvalue weighted by Gasteiger charge is -2.19. The smallest absolute Gasteiger partial charge is 0.412 e. The molecule has 0 saturated carbocycles. The number of benzene rings is 1. The summed E-state index contributed by atoms with van der Waals surface area (Å²) >= 11 is 1.64. The quantitative estimate of drug-likeness (QED) is 0.832. The van der Waals surface area contributed by atoms with Gasteiger partial charge < -0.3 is 4.74 Å². The maximum Gasteiger partial charge on any atom is 0.412 e. The van der Waals surface area contributed by atoms with Gasteiger partial charge >= 0.3 is 6.09 Å². The van der Waals surface area contributed by atoms with E-state index in [0.29, 0.717) is 0 Å². The Morgan fingerprint density at radius 3 is 2.48 bits per heavy atom. The third-order valence-corrected chi connectivity index (χ3v) is 3.99. The molecule has 2 rings (SSSR count). The van der Waals surface area contributed by atoms with Crippen molar-refractivity contribution in [1.82, 2.24) is 0 Å². The number of amides is 1. The molecule has 0 aliphatic rings. The fraction of sp³-hybridized carbons (Fsp3) is 0.353. The van der Waals surface area contributed by atoms with Crippen LogP contribution in [0.25, 0.3) is 10.4 Å². The summed E-state index contributed by atoms with van der Waals surface area (Å²) in [6, 6.07) is 10.2. The van der Waals surface area contributed by atoms with Crippen molar-refractivity contribution in [2.45, 2.75) is 39.7 Å². The molecule has 0 fully saturated rings. The molecule has 1 N–H and O–H groups in total. The average Bonchev–Trinajstić information content (AvgIpc) is 2.80. The predicted molar refractivity (Wildman–Crippen MR) is 89.0 cm³/mol. The molecule has 1 aromatic carbocycles. The van der Waals surface area contributed by atoms with Gasteiger partial charge in [0.2, 0.25) is 0 Å². The molecule has 1 aromatic heterocycles. The normalized spacial score (nSPS) is 11.2. The molecule has 21 heavy (non-hydrogen) atoms. The van der Waals surface area contributed by atoms with Crippen LogP contribution in [-0.4, -0.2) is 11.7 Å². The van der Waals surface area contributed by atoms with Crippen molar-refractivity contribution in [1.29, 1.82) is 0 Å². The van der Waals surface area contributed by atoms with Gasteiger partial charge in [0.15, 0.2) is 0 Å². The van der Waals surface area contributed by atoms with Crippen LogP contribution in [-0.2, 0) is 11.2 Å². The monoisotopic (exact) mass is 303 g/mol. The van der Waals surface area contributed by atoms with Gasteiger partial charge in [-0.2, -0.15) is 0 Å². The summed E-state index contributed by atoms with van der Waals surface area (Å²) in [5.41, 5.74) is 2.68. The van der Waals surface area contributed by atoms with Crippen molar-refractivity contribution in [3.8, 4) is 10.4 Å². The minimum absolute atomic E-state index is 0.408. The first-order chi connectivity index (χ1) is 9.90. The van der Waals surface area contributed by atoms with Gasteiger partial charge in [-0.1, -0.05) is 37.3 Å². The fourth-order valence-electron chi connectivity index (χ4n) is 2.08. The van der Waals surface area contributed by atoms with E-state index in [9.17, 15) is 4.79 Å². The first-order valence-electron chi connectivity index (χ1n) is 7.06. The molecule has 0 saturated heterocycles. The van der Waals surface area contributed by atoms with E-state index in [0.717, 1.165) is 17.7 Å². The Hall–Kier alpha value is -1.81. The maximum absolute atomic E-state index is 11.9. The number of nitrogens with one attached hydrogen (secondary N) is 1. The molecule has 0 atom stereocenters. The second kappa shape index (κ2) is 6.31. The molecule has 3 nitrogen and oxygen atoms in total. The Kier molecular flexibility index (Phi) is 4.68. The fourth-order valence-corrected chi connectivity index (χ4v) is 3.19. The minimum Gasteiger partial charge on any atom is -0.444 e. The summed E-state index contributed by atoms with van der Waals surface area (Å²) in [6.07, 6.45) is 0.452. The predicted octanol–water partition coefficient (Wildman–Crippen LogP) is 5.32. The van der Waals surface area contributed by atoms with E-state index in [4.69, 9.17) is 4.74 Å². The first kappa shape index (κ1) is 15.6. The van der Waals surface area contributed by atoms with E-state index in [1.165, 1.54) is 10.4 Å². The van der Waals surface area contributed by atoms with Crippen molar-refractivity contribution in [2.24, 2.45) is 0 Å². The average molecular weight is 303 g/mol. The molecule has 0 aliphatic heterocycles. The Bertz CT molecular complexity index is 611. The van der Waals surface area contributed by atoms with Gasteiger partial charge in [0.1, 0.15) is 5.60 Å². The van der Waals surface area contributed by atoms with Crippen LogP contribution in [0.5, 0.6) is 0 Å². The topological polar surface area (TPSA) is 38.3 Å². The van der Waals surface area contributed by atoms with Crippen LogP contribution in [0.2, 0.25) is 0 Å². The molecule has 0 bridgehead atoms. The van der Waals surface area contributed by atoms with Crippen LogP contribution in [0.3, 0.4) is 0 Å². The van der Waals surface area contributed by atoms with E-state index in [2.05, 4.69) is 24.4 Å². The van der Waals surface area contributed by atoms with Crippen LogP contribution in [0.1, 0.15) is 33.3 Å². The lowest BCUT2D eigenvalue weighted by Crippen LogP contribution is -2.27. The van der Waals surface area contributed by atoms with E-state index >= 15 is 0 Å². The SMILES string of the molecule is CCc1c(NC(=O)OC(C)(C)C)csc1-c1ccccc1. The second-order valence-electron chi connectivity index (χ2n) is 5.80. The van der Waals surface area contributed by atoms with E-state index in [-0.39, 0.29) is 0 Å². The largest absolute Gasteiger partial charge is 0.444 e. The summed E-state index contributed by atoms with van der Waals surface area (Å²) in [5, 5.41) is 4.83. The maximum atomic E-state index is 11.9. The zero-order chi connectivity index (χ0) is 15.5. The highest BCUT2D eigenvalue weighted by atomic mass is 32.1. The van der Waals surface area contributed by atoms with Crippen molar-refractivity contribution in [2.75, 3.05) is 5.32 Å². The standard InChI is InChI=1S/C17H21NO2S/c1-5-13-14(18-16(19)20-17(2,3)4)11-21-15(13)12-9-7-6-8-10-12/h6-11H,5H2,1-4H3,(H,18,19). The van der Waals surface area contributed by atoms with Crippen LogP contribution >= 0.6 is 11.3 Å². The van der Waals surface area contributed by atoms with Crippen LogP contribution in [0.15, 0.2) is 35.7 Å².